The van der Waals surface area contributed by atoms with Crippen LogP contribution < -0.4 is 0 Å². The fraction of sp³-hybridized carbons (Fsp3) is 0. The molecule has 14 heavy (non-hydrogen) atoms. The molecule has 68 valence electrons. The van der Waals surface area contributed by atoms with Crippen LogP contribution in [0.4, 0.5) is 0 Å². The van der Waals surface area contributed by atoms with Crippen molar-refractivity contribution in [2.45, 2.75) is 0 Å². The number of aromatic nitrogens is 2. The van der Waals surface area contributed by atoms with E-state index in [1.807, 2.05) is 30.5 Å². The Kier molecular flexibility index (Phi) is 2.66. The quantitative estimate of drug-likeness (QED) is 0.654. The third-order valence-corrected chi connectivity index (χ3v) is 2.15. The zero-order valence-corrected chi connectivity index (χ0v) is 8.90. The normalized spacial score (nSPS) is 9.21. The smallest absolute Gasteiger partial charge is 0.106 e. The van der Waals surface area contributed by atoms with E-state index in [1.165, 1.54) is 0 Å². The van der Waals surface area contributed by atoms with Crippen LogP contribution in [0.15, 0.2) is 47.5 Å². The lowest BCUT2D eigenvalue weighted by Crippen LogP contribution is -1.82. The summed E-state index contributed by atoms with van der Waals surface area (Å²) in [6.07, 6.45) is 5.19. The van der Waals surface area contributed by atoms with Crippen LogP contribution in [-0.4, -0.2) is 9.55 Å². The second-order valence-corrected chi connectivity index (χ2v) is 3.63. The van der Waals surface area contributed by atoms with Gasteiger partial charge in [-0.1, -0.05) is 22.0 Å². The molecule has 0 amide bonds. The molecular formula is C11H7BrN2. The molecule has 0 radical (unpaired) electrons. The number of hydrogen-bond donors (Lipinski definition) is 0. The summed E-state index contributed by atoms with van der Waals surface area (Å²) in [4.78, 5) is 3.90. The van der Waals surface area contributed by atoms with E-state index in [9.17, 15) is 0 Å². The second kappa shape index (κ2) is 4.12. The molecule has 2 aromatic rings. The van der Waals surface area contributed by atoms with Gasteiger partial charge in [-0.15, -0.1) is 0 Å². The third-order valence-electron chi connectivity index (χ3n) is 1.66. The third kappa shape index (κ3) is 2.24. The van der Waals surface area contributed by atoms with Gasteiger partial charge in [0, 0.05) is 28.5 Å². The fourth-order valence-electron chi connectivity index (χ4n) is 1.02. The summed E-state index contributed by atoms with van der Waals surface area (Å²) >= 11 is 3.39. The topological polar surface area (TPSA) is 17.8 Å². The van der Waals surface area contributed by atoms with Crippen molar-refractivity contribution >= 4 is 15.9 Å². The minimum atomic E-state index is 0.980. The highest BCUT2D eigenvalue weighted by Crippen LogP contribution is 2.10. The van der Waals surface area contributed by atoms with Gasteiger partial charge in [-0.2, -0.15) is 0 Å². The minimum absolute atomic E-state index is 0.980. The molecule has 0 saturated carbocycles. The Morgan fingerprint density at radius 2 is 2.29 bits per heavy atom. The average Bonchev–Trinajstić information content (AvgIpc) is 2.67. The van der Waals surface area contributed by atoms with Crippen LogP contribution in [-0.2, 0) is 0 Å². The van der Waals surface area contributed by atoms with Crippen LogP contribution in [0, 0.1) is 12.0 Å². The molecule has 2 rings (SSSR count). The monoisotopic (exact) mass is 246 g/mol. The summed E-state index contributed by atoms with van der Waals surface area (Å²) in [6, 6.07) is 10.8. The Hall–Kier alpha value is -1.53. The van der Waals surface area contributed by atoms with Gasteiger partial charge in [-0.3, -0.25) is 4.57 Å². The molecule has 0 aliphatic rings. The summed E-state index contributed by atoms with van der Waals surface area (Å²) in [7, 11) is 0. The van der Waals surface area contributed by atoms with E-state index in [4.69, 9.17) is 0 Å². The maximum atomic E-state index is 3.90. The van der Waals surface area contributed by atoms with Crippen molar-refractivity contribution in [2.24, 2.45) is 0 Å². The number of halogens is 1. The lowest BCUT2D eigenvalue weighted by Gasteiger charge is -1.90. The number of benzene rings is 1. The van der Waals surface area contributed by atoms with Crippen LogP contribution in [0.25, 0.3) is 0 Å². The highest BCUT2D eigenvalue weighted by atomic mass is 79.9. The lowest BCUT2D eigenvalue weighted by atomic mass is 10.2. The molecule has 0 aliphatic heterocycles. The van der Waals surface area contributed by atoms with Crippen molar-refractivity contribution in [3.05, 3.63) is 53.0 Å². The Morgan fingerprint density at radius 1 is 1.36 bits per heavy atom. The maximum absolute atomic E-state index is 3.90. The van der Waals surface area contributed by atoms with Crippen molar-refractivity contribution in [1.29, 1.82) is 0 Å². The van der Waals surface area contributed by atoms with Gasteiger partial charge in [0.2, 0.25) is 0 Å². The second-order valence-electron chi connectivity index (χ2n) is 2.72. The van der Waals surface area contributed by atoms with Gasteiger partial charge in [0.05, 0.1) is 0 Å². The molecule has 1 heterocycles. The Bertz CT molecular complexity index is 477. The predicted molar refractivity (Wildman–Crippen MR) is 58.6 cm³/mol. The molecule has 0 bridgehead atoms. The van der Waals surface area contributed by atoms with Crippen LogP contribution in [0.1, 0.15) is 5.56 Å². The first-order valence-electron chi connectivity index (χ1n) is 4.10. The van der Waals surface area contributed by atoms with E-state index in [1.54, 1.807) is 17.1 Å². The number of nitrogens with zero attached hydrogens (tertiary/aromatic N) is 2. The minimum Gasteiger partial charge on any atom is -0.265 e. The molecule has 2 nitrogen and oxygen atoms in total. The van der Waals surface area contributed by atoms with Crippen LogP contribution >= 0.6 is 15.9 Å². The van der Waals surface area contributed by atoms with E-state index in [-0.39, 0.29) is 0 Å². The molecule has 0 N–H and O–H groups in total. The Balaban J connectivity index is 2.26. The Morgan fingerprint density at radius 3 is 3.00 bits per heavy atom. The molecule has 0 aliphatic carbocycles. The van der Waals surface area contributed by atoms with Gasteiger partial charge < -0.3 is 0 Å². The van der Waals surface area contributed by atoms with E-state index in [0.717, 1.165) is 10.0 Å². The first-order chi connectivity index (χ1) is 6.84. The van der Waals surface area contributed by atoms with Crippen molar-refractivity contribution in [1.82, 2.24) is 9.55 Å². The maximum Gasteiger partial charge on any atom is 0.106 e. The van der Waals surface area contributed by atoms with E-state index in [2.05, 4.69) is 32.9 Å². The zero-order valence-electron chi connectivity index (χ0n) is 7.31. The lowest BCUT2D eigenvalue weighted by molar-refractivity contribution is 1.11. The van der Waals surface area contributed by atoms with Gasteiger partial charge in [-0.25, -0.2) is 4.98 Å². The van der Waals surface area contributed by atoms with Crippen molar-refractivity contribution in [3.8, 4) is 12.0 Å². The van der Waals surface area contributed by atoms with Crippen LogP contribution in [0.3, 0.4) is 0 Å². The molecular weight excluding hydrogens is 240 g/mol. The highest BCUT2D eigenvalue weighted by Gasteiger charge is 1.87. The van der Waals surface area contributed by atoms with Crippen molar-refractivity contribution in [2.75, 3.05) is 0 Å². The first kappa shape index (κ1) is 9.04. The largest absolute Gasteiger partial charge is 0.265 e. The van der Waals surface area contributed by atoms with Crippen LogP contribution in [0.5, 0.6) is 0 Å². The molecule has 1 aromatic carbocycles. The van der Waals surface area contributed by atoms with Gasteiger partial charge in [0.1, 0.15) is 6.33 Å². The SMILES string of the molecule is Brc1cccc(C#Cn2ccnc2)c1. The number of hydrogen-bond acceptors (Lipinski definition) is 1. The molecule has 0 unspecified atom stereocenters. The standard InChI is InChI=1S/C11H7BrN2/c12-11-3-1-2-10(8-11)4-6-14-7-5-13-9-14/h1-3,5,7-9H. The summed E-state index contributed by atoms with van der Waals surface area (Å²) < 4.78 is 2.76. The number of imidazole rings is 1. The Labute approximate surface area is 90.7 Å². The molecule has 0 spiro atoms. The first-order valence-corrected chi connectivity index (χ1v) is 4.89. The van der Waals surface area contributed by atoms with Gasteiger partial charge in [-0.05, 0) is 24.1 Å². The van der Waals surface area contributed by atoms with Crippen molar-refractivity contribution < 1.29 is 0 Å². The molecule has 0 atom stereocenters. The predicted octanol–water partition coefficient (Wildman–Crippen LogP) is 2.50. The van der Waals surface area contributed by atoms with Crippen molar-refractivity contribution in [3.63, 3.8) is 0 Å². The highest BCUT2D eigenvalue weighted by molar-refractivity contribution is 9.10. The summed E-state index contributed by atoms with van der Waals surface area (Å²) in [5.74, 6) is 3.03. The zero-order chi connectivity index (χ0) is 9.80. The van der Waals surface area contributed by atoms with Gasteiger partial charge >= 0.3 is 0 Å². The number of rotatable bonds is 0. The summed E-state index contributed by atoms with van der Waals surface area (Å²) in [6.45, 7) is 0. The van der Waals surface area contributed by atoms with E-state index < -0.39 is 0 Å². The fourth-order valence-corrected chi connectivity index (χ4v) is 1.42. The summed E-state index contributed by atoms with van der Waals surface area (Å²) in [5.41, 5.74) is 0.980. The van der Waals surface area contributed by atoms with E-state index >= 15 is 0 Å². The molecule has 0 fully saturated rings. The molecule has 0 saturated heterocycles. The van der Waals surface area contributed by atoms with Gasteiger partial charge in [0.15, 0.2) is 0 Å². The van der Waals surface area contributed by atoms with Gasteiger partial charge in [0.25, 0.3) is 0 Å². The molecule has 3 heteroatoms. The molecule has 1 aromatic heterocycles. The van der Waals surface area contributed by atoms with E-state index in [0.29, 0.717) is 0 Å². The summed E-state index contributed by atoms with van der Waals surface area (Å²) in [5, 5.41) is 0. The average molecular weight is 247 g/mol. The van der Waals surface area contributed by atoms with Crippen LogP contribution in [0.2, 0.25) is 0 Å².